The zero-order valence-electron chi connectivity index (χ0n) is 27.8. The largest absolute Gasteiger partial charge is 0.466 e. The number of ether oxygens (including phenoxy) is 2. The molecule has 0 saturated heterocycles. The molecule has 6 rings (SSSR count). The lowest BCUT2D eigenvalue weighted by atomic mass is 9.59. The number of hydrazone groups is 1. The molecule has 244 valence electrons. The van der Waals surface area contributed by atoms with E-state index >= 15 is 4.79 Å². The Bertz CT molecular complexity index is 1710. The van der Waals surface area contributed by atoms with E-state index in [0.29, 0.717) is 16.7 Å². The van der Waals surface area contributed by atoms with Crippen LogP contribution in [0.15, 0.2) is 95.1 Å². The van der Waals surface area contributed by atoms with Crippen LogP contribution in [-0.4, -0.2) is 56.9 Å². The summed E-state index contributed by atoms with van der Waals surface area (Å²) in [5.74, 6) is -4.88. The highest BCUT2D eigenvalue weighted by atomic mass is 16.5. The Morgan fingerprint density at radius 1 is 0.830 bits per heavy atom. The monoisotopic (exact) mass is 634 g/mol. The molecule has 47 heavy (non-hydrogen) atoms. The maximum Gasteiger partial charge on any atom is 0.317 e. The third kappa shape index (κ3) is 5.73. The first-order chi connectivity index (χ1) is 22.7. The molecule has 3 aromatic rings. The van der Waals surface area contributed by atoms with Crippen molar-refractivity contribution in [1.29, 1.82) is 0 Å². The molecule has 0 radical (unpaired) electrons. The number of Topliss-reactive ketones (excluding diaryl/α,β-unsaturated/α-hetero) is 1. The van der Waals surface area contributed by atoms with Gasteiger partial charge in [0.1, 0.15) is 12.1 Å². The van der Waals surface area contributed by atoms with Gasteiger partial charge in [-0.05, 0) is 68.7 Å². The smallest absolute Gasteiger partial charge is 0.317 e. The predicted octanol–water partition coefficient (Wildman–Crippen LogP) is 5.57. The van der Waals surface area contributed by atoms with Crippen molar-refractivity contribution in [2.45, 2.75) is 45.8 Å². The Kier molecular flexibility index (Phi) is 9.01. The molecule has 0 spiro atoms. The molecule has 9 nitrogen and oxygen atoms in total. The van der Waals surface area contributed by atoms with Crippen LogP contribution in [0.5, 0.6) is 0 Å². The minimum absolute atomic E-state index is 0.107. The number of anilines is 2. The molecule has 1 aliphatic carbocycles. The van der Waals surface area contributed by atoms with Crippen molar-refractivity contribution in [1.82, 2.24) is 5.32 Å². The molecular weight excluding hydrogens is 592 g/mol. The molecular formula is C38H42N4O5. The lowest BCUT2D eigenvalue weighted by Gasteiger charge is -2.47. The van der Waals surface area contributed by atoms with Gasteiger partial charge in [0.15, 0.2) is 5.78 Å². The van der Waals surface area contributed by atoms with Crippen molar-refractivity contribution in [3.05, 3.63) is 107 Å². The summed E-state index contributed by atoms with van der Waals surface area (Å²) in [5.41, 5.74) is 6.39. The Morgan fingerprint density at radius 3 is 2.04 bits per heavy atom. The zero-order valence-corrected chi connectivity index (χ0v) is 27.8. The number of benzene rings is 3. The van der Waals surface area contributed by atoms with Crippen molar-refractivity contribution in [3.63, 3.8) is 0 Å². The van der Waals surface area contributed by atoms with Crippen molar-refractivity contribution in [2.24, 2.45) is 22.9 Å². The number of fused-ring (bicyclic) bond motifs is 2. The highest BCUT2D eigenvalue weighted by Crippen LogP contribution is 2.54. The Morgan fingerprint density at radius 2 is 1.45 bits per heavy atom. The van der Waals surface area contributed by atoms with Crippen molar-refractivity contribution >= 4 is 34.8 Å². The molecule has 0 unspecified atom stereocenters. The van der Waals surface area contributed by atoms with Gasteiger partial charge >= 0.3 is 11.9 Å². The summed E-state index contributed by atoms with van der Waals surface area (Å²) in [5, 5.41) is 10.7. The summed E-state index contributed by atoms with van der Waals surface area (Å²) >= 11 is 0. The number of nitrogens with zero attached hydrogens (tertiary/aromatic N) is 3. The van der Waals surface area contributed by atoms with Gasteiger partial charge in [-0.2, -0.15) is 5.10 Å². The second-order valence-electron chi connectivity index (χ2n) is 12.6. The average molecular weight is 635 g/mol. The van der Waals surface area contributed by atoms with E-state index in [0.717, 1.165) is 28.2 Å². The number of aryl methyl sites for hydroxylation is 1. The first kappa shape index (κ1) is 32.2. The van der Waals surface area contributed by atoms with Gasteiger partial charge in [0.05, 0.1) is 36.8 Å². The third-order valence-electron chi connectivity index (χ3n) is 9.48. The van der Waals surface area contributed by atoms with Crippen molar-refractivity contribution < 1.29 is 23.9 Å². The molecule has 0 fully saturated rings. The van der Waals surface area contributed by atoms with Crippen LogP contribution in [0, 0.1) is 24.7 Å². The van der Waals surface area contributed by atoms with E-state index in [4.69, 9.17) is 14.6 Å². The van der Waals surface area contributed by atoms with E-state index in [1.54, 1.807) is 13.8 Å². The Balaban J connectivity index is 1.62. The lowest BCUT2D eigenvalue weighted by molar-refractivity contribution is -0.156. The van der Waals surface area contributed by atoms with Crippen LogP contribution in [-0.2, 0) is 23.9 Å². The SMILES string of the molecule is CCOC(=O)[C@@H]1C(=O)C2=C([C@@H](C(=O)OCC)[C@@H]1c1ccccc1)[C@H]1C(C)=NN(c3ccc(C)cc3)[C@@H]1N[C@@H]2c1ccc(N(C)C)cc1. The highest BCUT2D eigenvalue weighted by Gasteiger charge is 2.59. The molecule has 9 heteroatoms. The number of carbonyl (C=O) groups excluding carboxylic acids is 3. The quantitative estimate of drug-likeness (QED) is 0.254. The number of rotatable bonds is 8. The van der Waals surface area contributed by atoms with Crippen molar-refractivity contribution in [3.8, 4) is 0 Å². The Labute approximate surface area is 276 Å². The van der Waals surface area contributed by atoms with Crippen molar-refractivity contribution in [2.75, 3.05) is 37.2 Å². The lowest BCUT2D eigenvalue weighted by Crippen LogP contribution is -2.57. The summed E-state index contributed by atoms with van der Waals surface area (Å²) in [7, 11) is 3.94. The maximum absolute atomic E-state index is 15.0. The van der Waals surface area contributed by atoms with Crippen LogP contribution in [0.3, 0.4) is 0 Å². The van der Waals surface area contributed by atoms with Crippen LogP contribution in [0.25, 0.3) is 0 Å². The number of carbonyl (C=O) groups is 3. The summed E-state index contributed by atoms with van der Waals surface area (Å²) in [4.78, 5) is 45.2. The van der Waals surface area contributed by atoms with E-state index in [-0.39, 0.29) is 19.0 Å². The highest BCUT2D eigenvalue weighted by molar-refractivity contribution is 6.14. The van der Waals surface area contributed by atoms with Gasteiger partial charge in [-0.15, -0.1) is 0 Å². The van der Waals surface area contributed by atoms with Gasteiger partial charge in [-0.25, -0.2) is 5.01 Å². The van der Waals surface area contributed by atoms with E-state index in [1.165, 1.54) is 0 Å². The topological polar surface area (TPSA) is 101 Å². The summed E-state index contributed by atoms with van der Waals surface area (Å²) in [6.45, 7) is 7.72. The van der Waals surface area contributed by atoms with Gasteiger partial charge in [-0.3, -0.25) is 19.7 Å². The summed E-state index contributed by atoms with van der Waals surface area (Å²) in [6, 6.07) is 24.8. The molecule has 1 N–H and O–H groups in total. The second kappa shape index (κ2) is 13.2. The molecule has 0 amide bonds. The van der Waals surface area contributed by atoms with Crippen LogP contribution in [0.4, 0.5) is 11.4 Å². The minimum Gasteiger partial charge on any atom is -0.466 e. The fourth-order valence-electron chi connectivity index (χ4n) is 7.37. The summed E-state index contributed by atoms with van der Waals surface area (Å²) in [6.07, 6.45) is -0.407. The molecule has 0 bridgehead atoms. The average Bonchev–Trinajstić information content (AvgIpc) is 3.40. The number of ketones is 1. The molecule has 0 saturated carbocycles. The molecule has 2 heterocycles. The van der Waals surface area contributed by atoms with Crippen LogP contribution in [0.2, 0.25) is 0 Å². The summed E-state index contributed by atoms with van der Waals surface area (Å²) < 4.78 is 11.3. The van der Waals surface area contributed by atoms with Crippen LogP contribution < -0.4 is 15.2 Å². The van der Waals surface area contributed by atoms with Gasteiger partial charge < -0.3 is 14.4 Å². The molecule has 3 aliphatic rings. The van der Waals surface area contributed by atoms with E-state index in [2.05, 4.69) is 5.32 Å². The number of hydrogen-bond acceptors (Lipinski definition) is 9. The van der Waals surface area contributed by atoms with Gasteiger partial charge in [-0.1, -0.05) is 60.2 Å². The van der Waals surface area contributed by atoms with Gasteiger partial charge in [0.2, 0.25) is 0 Å². The fourth-order valence-corrected chi connectivity index (χ4v) is 7.37. The van der Waals surface area contributed by atoms with Crippen LogP contribution >= 0.6 is 0 Å². The number of hydrogen-bond donors (Lipinski definition) is 1. The molecule has 3 aromatic carbocycles. The predicted molar refractivity (Wildman–Crippen MR) is 182 cm³/mol. The van der Waals surface area contributed by atoms with E-state index in [1.807, 2.05) is 117 Å². The van der Waals surface area contributed by atoms with E-state index < -0.39 is 47.8 Å². The molecule has 2 aliphatic heterocycles. The molecule has 0 aromatic heterocycles. The minimum atomic E-state index is -1.24. The fraction of sp³-hybridized carbons (Fsp3) is 0.368. The number of esters is 2. The van der Waals surface area contributed by atoms with Gasteiger partial charge in [0.25, 0.3) is 0 Å². The van der Waals surface area contributed by atoms with Crippen LogP contribution in [0.1, 0.15) is 49.4 Å². The molecule has 6 atom stereocenters. The standard InChI is InChI=1S/C38H42N4O5/c1-7-46-37(44)31-29(24-12-10-9-11-13-24)33(38(45)47-8-2)35(43)32-30(31)28-23(4)40-42(27-18-14-22(3)15-19-27)36(28)39-34(32)25-16-20-26(21-17-25)41(5)6/h9-21,28-29,31,33-34,36,39H,7-8H2,1-6H3/t28-,29+,31+,33+,34-,36+/m1/s1. The first-order valence-corrected chi connectivity index (χ1v) is 16.3. The number of nitrogens with one attached hydrogen (secondary N) is 1. The third-order valence-corrected chi connectivity index (χ3v) is 9.48. The maximum atomic E-state index is 15.0. The second-order valence-corrected chi connectivity index (χ2v) is 12.6. The zero-order chi connectivity index (χ0) is 33.4. The first-order valence-electron chi connectivity index (χ1n) is 16.3. The van der Waals surface area contributed by atoms with Gasteiger partial charge in [0, 0.05) is 37.0 Å². The Hall–Kier alpha value is -4.76. The normalized spacial score (nSPS) is 25.1. The van der Waals surface area contributed by atoms with E-state index in [9.17, 15) is 9.59 Å².